The molecule has 0 radical (unpaired) electrons. The van der Waals surface area contributed by atoms with Crippen LogP contribution in [-0.4, -0.2) is 48.2 Å². The highest BCUT2D eigenvalue weighted by molar-refractivity contribution is 5.84. The number of hydrogen-bond donors (Lipinski definition) is 1. The first kappa shape index (κ1) is 13.0. The predicted octanol–water partition coefficient (Wildman–Crippen LogP) is 0.735. The van der Waals surface area contributed by atoms with E-state index in [0.717, 1.165) is 0 Å². The van der Waals surface area contributed by atoms with Crippen molar-refractivity contribution >= 4 is 11.9 Å². The molecule has 1 atom stereocenters. The molecule has 1 aliphatic rings. The minimum atomic E-state index is -0.939. The molecule has 1 N–H and O–H groups in total. The Labute approximate surface area is 95.4 Å². The van der Waals surface area contributed by atoms with Gasteiger partial charge in [0.25, 0.3) is 0 Å². The van der Waals surface area contributed by atoms with Crippen molar-refractivity contribution in [2.75, 3.05) is 20.3 Å². The van der Waals surface area contributed by atoms with E-state index in [4.69, 9.17) is 9.84 Å². The molecular weight excluding hydrogens is 210 g/mol. The Kier molecular flexibility index (Phi) is 4.73. The number of carbonyl (C=O) groups is 2. The smallest absolute Gasteiger partial charge is 0.326 e. The molecule has 0 saturated carbocycles. The molecule has 5 heteroatoms. The van der Waals surface area contributed by atoms with E-state index in [2.05, 4.69) is 0 Å². The van der Waals surface area contributed by atoms with Crippen molar-refractivity contribution in [3.63, 3.8) is 0 Å². The van der Waals surface area contributed by atoms with Gasteiger partial charge in [0.1, 0.15) is 6.04 Å². The number of carboxylic acid groups (broad SMARTS) is 1. The number of nitrogens with zero attached hydrogens (tertiary/aromatic N) is 1. The maximum absolute atomic E-state index is 12.0. The Hall–Kier alpha value is -1.10. The predicted molar refractivity (Wildman–Crippen MR) is 58.0 cm³/mol. The third-order valence-corrected chi connectivity index (χ3v) is 3.06. The number of rotatable bonds is 4. The van der Waals surface area contributed by atoms with Gasteiger partial charge in [-0.2, -0.15) is 0 Å². The summed E-state index contributed by atoms with van der Waals surface area (Å²) in [7, 11) is 1.57. The van der Waals surface area contributed by atoms with Gasteiger partial charge in [-0.25, -0.2) is 4.79 Å². The number of likely N-dealkylation sites (N-methyl/N-ethyl adjacent to an activating group) is 1. The third kappa shape index (κ3) is 2.95. The molecular formula is C11H19NO4. The number of amides is 1. The molecule has 16 heavy (non-hydrogen) atoms. The van der Waals surface area contributed by atoms with Gasteiger partial charge in [-0.05, 0) is 19.3 Å². The van der Waals surface area contributed by atoms with Crippen LogP contribution in [-0.2, 0) is 14.3 Å². The average Bonchev–Trinajstić information content (AvgIpc) is 2.29. The first-order chi connectivity index (χ1) is 7.57. The molecule has 1 aliphatic heterocycles. The number of carboxylic acids is 1. The lowest BCUT2D eigenvalue weighted by Gasteiger charge is -2.29. The van der Waals surface area contributed by atoms with E-state index < -0.39 is 12.0 Å². The molecule has 0 spiro atoms. The molecule has 0 aromatic rings. The van der Waals surface area contributed by atoms with E-state index in [1.165, 1.54) is 4.90 Å². The fraction of sp³-hybridized carbons (Fsp3) is 0.818. The van der Waals surface area contributed by atoms with Crippen LogP contribution in [0.2, 0.25) is 0 Å². The SMILES string of the molecule is CCC(C(=O)O)N(C)C(=O)C1CCOCC1. The highest BCUT2D eigenvalue weighted by Crippen LogP contribution is 2.18. The fourth-order valence-corrected chi connectivity index (χ4v) is 2.00. The van der Waals surface area contributed by atoms with Crippen LogP contribution in [0.3, 0.4) is 0 Å². The molecule has 1 amide bonds. The maximum Gasteiger partial charge on any atom is 0.326 e. The Balaban J connectivity index is 2.60. The lowest BCUT2D eigenvalue weighted by atomic mass is 9.98. The number of carbonyl (C=O) groups excluding carboxylic acids is 1. The van der Waals surface area contributed by atoms with Crippen LogP contribution in [0.5, 0.6) is 0 Å². The Bertz CT molecular complexity index is 261. The highest BCUT2D eigenvalue weighted by atomic mass is 16.5. The van der Waals surface area contributed by atoms with Crippen molar-refractivity contribution in [1.82, 2.24) is 4.90 Å². The largest absolute Gasteiger partial charge is 0.480 e. The second-order valence-electron chi connectivity index (χ2n) is 4.10. The van der Waals surface area contributed by atoms with E-state index in [-0.39, 0.29) is 11.8 Å². The van der Waals surface area contributed by atoms with Crippen molar-refractivity contribution in [1.29, 1.82) is 0 Å². The summed E-state index contributed by atoms with van der Waals surface area (Å²) in [5.74, 6) is -1.09. The summed E-state index contributed by atoms with van der Waals surface area (Å²) in [4.78, 5) is 24.3. The average molecular weight is 229 g/mol. The number of hydrogen-bond acceptors (Lipinski definition) is 3. The van der Waals surface area contributed by atoms with Crippen LogP contribution in [0, 0.1) is 5.92 Å². The van der Waals surface area contributed by atoms with Gasteiger partial charge in [0.2, 0.25) is 5.91 Å². The zero-order chi connectivity index (χ0) is 12.1. The van der Waals surface area contributed by atoms with Crippen LogP contribution in [0.15, 0.2) is 0 Å². The van der Waals surface area contributed by atoms with Gasteiger partial charge in [0, 0.05) is 26.2 Å². The number of aliphatic carboxylic acids is 1. The lowest BCUT2D eigenvalue weighted by Crippen LogP contribution is -2.45. The van der Waals surface area contributed by atoms with Gasteiger partial charge in [-0.15, -0.1) is 0 Å². The molecule has 1 unspecified atom stereocenters. The number of ether oxygens (including phenoxy) is 1. The van der Waals surface area contributed by atoms with Crippen LogP contribution in [0.1, 0.15) is 26.2 Å². The van der Waals surface area contributed by atoms with Crippen molar-refractivity contribution in [3.05, 3.63) is 0 Å². The quantitative estimate of drug-likeness (QED) is 0.772. The first-order valence-electron chi connectivity index (χ1n) is 5.65. The third-order valence-electron chi connectivity index (χ3n) is 3.06. The zero-order valence-corrected chi connectivity index (χ0v) is 9.81. The van der Waals surface area contributed by atoms with Crippen molar-refractivity contribution in [2.24, 2.45) is 5.92 Å². The monoisotopic (exact) mass is 229 g/mol. The Morgan fingerprint density at radius 3 is 2.44 bits per heavy atom. The van der Waals surface area contributed by atoms with Crippen LogP contribution in [0.25, 0.3) is 0 Å². The summed E-state index contributed by atoms with van der Waals surface area (Å²) in [6.45, 7) is 2.95. The van der Waals surface area contributed by atoms with Crippen molar-refractivity contribution in [3.8, 4) is 0 Å². The minimum Gasteiger partial charge on any atom is -0.480 e. The van der Waals surface area contributed by atoms with Crippen LogP contribution >= 0.6 is 0 Å². The van der Waals surface area contributed by atoms with Gasteiger partial charge in [-0.1, -0.05) is 6.92 Å². The van der Waals surface area contributed by atoms with Crippen LogP contribution < -0.4 is 0 Å². The van der Waals surface area contributed by atoms with Gasteiger partial charge in [-0.3, -0.25) is 4.79 Å². The topological polar surface area (TPSA) is 66.8 Å². The fourth-order valence-electron chi connectivity index (χ4n) is 2.00. The van der Waals surface area contributed by atoms with Crippen molar-refractivity contribution < 1.29 is 19.4 Å². The van der Waals surface area contributed by atoms with E-state index >= 15 is 0 Å². The minimum absolute atomic E-state index is 0.0717. The van der Waals surface area contributed by atoms with Gasteiger partial charge < -0.3 is 14.7 Å². The maximum atomic E-state index is 12.0. The van der Waals surface area contributed by atoms with Gasteiger partial charge >= 0.3 is 5.97 Å². The highest BCUT2D eigenvalue weighted by Gasteiger charge is 2.30. The van der Waals surface area contributed by atoms with E-state index in [1.54, 1.807) is 14.0 Å². The van der Waals surface area contributed by atoms with Gasteiger partial charge in [0.05, 0.1) is 0 Å². The molecule has 1 saturated heterocycles. The molecule has 92 valence electrons. The molecule has 5 nitrogen and oxygen atoms in total. The molecule has 1 heterocycles. The molecule has 0 aliphatic carbocycles. The summed E-state index contributed by atoms with van der Waals surface area (Å²) >= 11 is 0. The molecule has 0 aromatic carbocycles. The van der Waals surface area contributed by atoms with E-state index in [9.17, 15) is 9.59 Å². The second kappa shape index (κ2) is 5.84. The lowest BCUT2D eigenvalue weighted by molar-refractivity contribution is -0.152. The Morgan fingerprint density at radius 2 is 2.00 bits per heavy atom. The van der Waals surface area contributed by atoms with E-state index in [0.29, 0.717) is 32.5 Å². The molecule has 0 bridgehead atoms. The summed E-state index contributed by atoms with van der Waals surface area (Å²) < 4.78 is 5.18. The molecule has 0 aromatic heterocycles. The zero-order valence-electron chi connectivity index (χ0n) is 9.81. The first-order valence-corrected chi connectivity index (χ1v) is 5.65. The molecule has 1 fully saturated rings. The summed E-state index contributed by atoms with van der Waals surface area (Å²) in [6.07, 6.45) is 1.82. The Morgan fingerprint density at radius 1 is 1.44 bits per heavy atom. The van der Waals surface area contributed by atoms with Gasteiger partial charge in [0.15, 0.2) is 0 Å². The summed E-state index contributed by atoms with van der Waals surface area (Å²) in [5, 5.41) is 8.97. The van der Waals surface area contributed by atoms with Crippen LogP contribution in [0.4, 0.5) is 0 Å². The standard InChI is InChI=1S/C11H19NO4/c1-3-9(11(14)15)12(2)10(13)8-4-6-16-7-5-8/h8-9H,3-7H2,1-2H3,(H,14,15). The van der Waals surface area contributed by atoms with Crippen molar-refractivity contribution in [2.45, 2.75) is 32.2 Å². The molecule has 1 rings (SSSR count). The summed E-state index contributed by atoms with van der Waals surface area (Å²) in [6, 6.07) is -0.713. The second-order valence-corrected chi connectivity index (χ2v) is 4.10. The summed E-state index contributed by atoms with van der Waals surface area (Å²) in [5.41, 5.74) is 0. The van der Waals surface area contributed by atoms with E-state index in [1.807, 2.05) is 0 Å². The normalized spacial score (nSPS) is 19.1.